The van der Waals surface area contributed by atoms with E-state index in [1.807, 2.05) is 6.92 Å². The van der Waals surface area contributed by atoms with Crippen molar-refractivity contribution in [2.45, 2.75) is 46.0 Å². The maximum Gasteiger partial charge on any atom is 0.189 e. The monoisotopic (exact) mass is 295 g/mol. The fourth-order valence-electron chi connectivity index (χ4n) is 2.14. The Kier molecular flexibility index (Phi) is 5.34. The summed E-state index contributed by atoms with van der Waals surface area (Å²) in [5.74, 6) is 0. The van der Waals surface area contributed by atoms with Gasteiger partial charge in [0.05, 0.1) is 5.69 Å². The zero-order valence-electron chi connectivity index (χ0n) is 11.6. The van der Waals surface area contributed by atoms with Crippen molar-refractivity contribution in [3.63, 3.8) is 0 Å². The summed E-state index contributed by atoms with van der Waals surface area (Å²) in [7, 11) is 0. The van der Waals surface area contributed by atoms with Gasteiger partial charge in [-0.3, -0.25) is 0 Å². The number of nitrogens with one attached hydrogen (secondary N) is 2. The third-order valence-electron chi connectivity index (χ3n) is 3.37. The number of anilines is 1. The highest BCUT2D eigenvalue weighted by Gasteiger charge is 2.06. The molecular weight excluding hydrogens is 274 g/mol. The molecule has 2 rings (SSSR count). The van der Waals surface area contributed by atoms with Gasteiger partial charge in [-0.15, -0.1) is 11.3 Å². The third kappa shape index (κ3) is 4.58. The summed E-state index contributed by atoms with van der Waals surface area (Å²) < 4.78 is 0. The average Bonchev–Trinajstić information content (AvgIpc) is 2.69. The van der Waals surface area contributed by atoms with E-state index in [4.69, 9.17) is 12.2 Å². The largest absolute Gasteiger partial charge is 0.362 e. The predicted octanol–water partition coefficient (Wildman–Crippen LogP) is 3.94. The minimum absolute atomic E-state index is 0.671. The van der Waals surface area contributed by atoms with Gasteiger partial charge in [0.1, 0.15) is 0 Å². The lowest BCUT2D eigenvalue weighted by Gasteiger charge is -2.13. The van der Waals surface area contributed by atoms with E-state index in [9.17, 15) is 0 Å². The molecule has 0 saturated carbocycles. The quantitative estimate of drug-likeness (QED) is 0.652. The van der Waals surface area contributed by atoms with Crippen LogP contribution in [0.25, 0.3) is 0 Å². The number of hydrogen-bond donors (Lipinski definition) is 2. The van der Waals surface area contributed by atoms with Gasteiger partial charge in [0.2, 0.25) is 0 Å². The van der Waals surface area contributed by atoms with Crippen LogP contribution in [0, 0.1) is 13.8 Å². The first-order valence-corrected chi connectivity index (χ1v) is 8.04. The highest BCUT2D eigenvalue weighted by Crippen LogP contribution is 2.21. The molecule has 0 unspecified atom stereocenters. The molecule has 0 aromatic carbocycles. The summed E-state index contributed by atoms with van der Waals surface area (Å²) in [5.41, 5.74) is 2.64. The standard InChI is InChI=1S/C14H21N3S2/c1-10-11(2)19-14(16-10)17-13(18)15-9-8-12-6-4-3-5-7-12/h6H,3-5,7-9H2,1-2H3,(H2,15,16,17,18). The number of thiazole rings is 1. The molecule has 0 bridgehead atoms. The number of hydrogen-bond acceptors (Lipinski definition) is 3. The van der Waals surface area contributed by atoms with Gasteiger partial charge in [0.15, 0.2) is 10.2 Å². The fraction of sp³-hybridized carbons (Fsp3) is 0.571. The fourth-order valence-corrected chi connectivity index (χ4v) is 3.22. The SMILES string of the molecule is Cc1nc(NC(=S)NCCC2=CCCCC2)sc1C. The summed E-state index contributed by atoms with van der Waals surface area (Å²) in [6.45, 7) is 4.99. The van der Waals surface area contributed by atoms with Crippen LogP contribution < -0.4 is 10.6 Å². The number of rotatable bonds is 4. The Balaban J connectivity index is 1.71. The summed E-state index contributed by atoms with van der Waals surface area (Å²) in [4.78, 5) is 5.65. The van der Waals surface area contributed by atoms with Crippen LogP contribution in [0.5, 0.6) is 0 Å². The molecule has 0 spiro atoms. The van der Waals surface area contributed by atoms with Crippen molar-refractivity contribution in [3.05, 3.63) is 22.2 Å². The van der Waals surface area contributed by atoms with E-state index in [-0.39, 0.29) is 0 Å². The summed E-state index contributed by atoms with van der Waals surface area (Å²) in [6, 6.07) is 0. The number of thiocarbonyl (C=S) groups is 1. The Labute approximate surface area is 124 Å². The summed E-state index contributed by atoms with van der Waals surface area (Å²) >= 11 is 6.92. The second-order valence-corrected chi connectivity index (χ2v) is 6.51. The molecule has 0 amide bonds. The number of allylic oxidation sites excluding steroid dienone is 1. The highest BCUT2D eigenvalue weighted by atomic mass is 32.1. The maximum absolute atomic E-state index is 5.28. The minimum Gasteiger partial charge on any atom is -0.362 e. The van der Waals surface area contributed by atoms with Crippen molar-refractivity contribution < 1.29 is 0 Å². The van der Waals surface area contributed by atoms with Crippen molar-refractivity contribution in [3.8, 4) is 0 Å². The molecule has 1 aliphatic rings. The smallest absolute Gasteiger partial charge is 0.189 e. The minimum atomic E-state index is 0.671. The molecule has 2 N–H and O–H groups in total. The van der Waals surface area contributed by atoms with Gasteiger partial charge < -0.3 is 10.6 Å². The van der Waals surface area contributed by atoms with Gasteiger partial charge in [0.25, 0.3) is 0 Å². The summed E-state index contributed by atoms with van der Waals surface area (Å²) in [5, 5.41) is 7.95. The maximum atomic E-state index is 5.28. The van der Waals surface area contributed by atoms with E-state index in [1.54, 1.807) is 16.9 Å². The van der Waals surface area contributed by atoms with Crippen molar-refractivity contribution in [1.29, 1.82) is 0 Å². The second kappa shape index (κ2) is 7.01. The van der Waals surface area contributed by atoms with Crippen LogP contribution >= 0.6 is 23.6 Å². The third-order valence-corrected chi connectivity index (χ3v) is 4.60. The molecule has 1 aliphatic carbocycles. The first-order chi connectivity index (χ1) is 9.15. The van der Waals surface area contributed by atoms with E-state index in [0.717, 1.165) is 23.8 Å². The van der Waals surface area contributed by atoms with Crippen LogP contribution in [0.3, 0.4) is 0 Å². The first-order valence-electron chi connectivity index (χ1n) is 6.82. The Morgan fingerprint density at radius 1 is 1.42 bits per heavy atom. The molecule has 1 heterocycles. The topological polar surface area (TPSA) is 37.0 Å². The van der Waals surface area contributed by atoms with Gasteiger partial charge in [-0.05, 0) is 58.2 Å². The summed E-state index contributed by atoms with van der Waals surface area (Å²) in [6.07, 6.45) is 8.67. The van der Waals surface area contributed by atoms with Gasteiger partial charge >= 0.3 is 0 Å². The van der Waals surface area contributed by atoms with Gasteiger partial charge in [-0.25, -0.2) is 4.98 Å². The molecule has 1 aromatic heterocycles. The molecule has 19 heavy (non-hydrogen) atoms. The van der Waals surface area contributed by atoms with Crippen molar-refractivity contribution in [2.24, 2.45) is 0 Å². The normalized spacial score (nSPS) is 14.9. The Bertz CT molecular complexity index is 458. The van der Waals surface area contributed by atoms with E-state index < -0.39 is 0 Å². The van der Waals surface area contributed by atoms with Gasteiger partial charge in [-0.1, -0.05) is 11.6 Å². The molecule has 0 radical (unpaired) electrons. The van der Waals surface area contributed by atoms with Gasteiger partial charge in [0, 0.05) is 11.4 Å². The first kappa shape index (κ1) is 14.5. The van der Waals surface area contributed by atoms with Crippen LogP contribution in [-0.2, 0) is 0 Å². The molecule has 1 aromatic rings. The number of aryl methyl sites for hydroxylation is 2. The van der Waals surface area contributed by atoms with Gasteiger partial charge in [-0.2, -0.15) is 0 Å². The van der Waals surface area contributed by atoms with Crippen LogP contribution in [0.15, 0.2) is 11.6 Å². The number of nitrogens with zero attached hydrogens (tertiary/aromatic N) is 1. The molecule has 0 fully saturated rings. The van der Waals surface area contributed by atoms with E-state index >= 15 is 0 Å². The van der Waals surface area contributed by atoms with Crippen LogP contribution in [0.1, 0.15) is 42.7 Å². The Hall–Kier alpha value is -0.940. The van der Waals surface area contributed by atoms with Crippen molar-refractivity contribution >= 4 is 33.8 Å². The molecule has 0 aliphatic heterocycles. The lowest BCUT2D eigenvalue weighted by atomic mass is 9.97. The lowest BCUT2D eigenvalue weighted by molar-refractivity contribution is 0.669. The van der Waals surface area contributed by atoms with E-state index in [0.29, 0.717) is 5.11 Å². The molecule has 104 valence electrons. The second-order valence-electron chi connectivity index (χ2n) is 4.90. The zero-order chi connectivity index (χ0) is 13.7. The van der Waals surface area contributed by atoms with Crippen LogP contribution in [0.2, 0.25) is 0 Å². The predicted molar refractivity (Wildman–Crippen MR) is 87.0 cm³/mol. The average molecular weight is 295 g/mol. The van der Waals surface area contributed by atoms with Crippen molar-refractivity contribution in [2.75, 3.05) is 11.9 Å². The Morgan fingerprint density at radius 3 is 2.89 bits per heavy atom. The Morgan fingerprint density at radius 2 is 2.26 bits per heavy atom. The molecule has 3 nitrogen and oxygen atoms in total. The van der Waals surface area contributed by atoms with Crippen molar-refractivity contribution in [1.82, 2.24) is 10.3 Å². The zero-order valence-corrected chi connectivity index (χ0v) is 13.2. The van der Waals surface area contributed by atoms with Crippen LogP contribution in [-0.4, -0.2) is 16.6 Å². The van der Waals surface area contributed by atoms with E-state index in [2.05, 4.69) is 28.6 Å². The molecular formula is C14H21N3S2. The molecule has 0 atom stereocenters. The number of aromatic nitrogens is 1. The molecule has 0 saturated heterocycles. The van der Waals surface area contributed by atoms with Crippen LogP contribution in [0.4, 0.5) is 5.13 Å². The highest BCUT2D eigenvalue weighted by molar-refractivity contribution is 7.80. The lowest BCUT2D eigenvalue weighted by Crippen LogP contribution is -2.29. The van der Waals surface area contributed by atoms with E-state index in [1.165, 1.54) is 30.6 Å². The molecule has 5 heteroatoms.